The molecule has 2 heterocycles. The van der Waals surface area contributed by atoms with Crippen molar-refractivity contribution in [3.63, 3.8) is 0 Å². The fourth-order valence-electron chi connectivity index (χ4n) is 3.34. The summed E-state index contributed by atoms with van der Waals surface area (Å²) < 4.78 is 15.0. The van der Waals surface area contributed by atoms with Gasteiger partial charge in [-0.15, -0.1) is 5.10 Å². The van der Waals surface area contributed by atoms with Crippen molar-refractivity contribution < 1.29 is 4.39 Å². The van der Waals surface area contributed by atoms with Crippen LogP contribution in [-0.4, -0.2) is 51.3 Å². The van der Waals surface area contributed by atoms with Gasteiger partial charge in [-0.05, 0) is 55.0 Å². The van der Waals surface area contributed by atoms with Crippen LogP contribution in [0.4, 0.5) is 10.1 Å². The summed E-state index contributed by atoms with van der Waals surface area (Å²) in [6.45, 7) is 10.1. The van der Waals surface area contributed by atoms with E-state index < -0.39 is 0 Å². The second-order valence-electron chi connectivity index (χ2n) is 6.50. The quantitative estimate of drug-likeness (QED) is 0.842. The van der Waals surface area contributed by atoms with Gasteiger partial charge in [-0.25, -0.2) is 9.07 Å². The highest BCUT2D eigenvalue weighted by molar-refractivity contribution is 5.46. The number of tetrazole rings is 1. The minimum Gasteiger partial charge on any atom is -0.369 e. The molecule has 2 aromatic rings. The predicted molar refractivity (Wildman–Crippen MR) is 91.4 cm³/mol. The summed E-state index contributed by atoms with van der Waals surface area (Å²) in [5, 5.41) is 12.3. The first-order valence-corrected chi connectivity index (χ1v) is 8.62. The van der Waals surface area contributed by atoms with Crippen molar-refractivity contribution in [3.8, 4) is 0 Å². The molecule has 1 aliphatic rings. The molecule has 0 radical (unpaired) electrons. The van der Waals surface area contributed by atoms with Crippen molar-refractivity contribution in [1.82, 2.24) is 25.1 Å². The molecule has 0 spiro atoms. The topological polar surface area (TPSA) is 50.1 Å². The monoisotopic (exact) mass is 332 g/mol. The van der Waals surface area contributed by atoms with Crippen molar-refractivity contribution in [1.29, 1.82) is 0 Å². The van der Waals surface area contributed by atoms with Crippen LogP contribution in [0.15, 0.2) is 24.3 Å². The van der Waals surface area contributed by atoms with E-state index in [1.54, 1.807) is 0 Å². The molecule has 0 aliphatic carbocycles. The van der Waals surface area contributed by atoms with Crippen LogP contribution in [0.25, 0.3) is 0 Å². The van der Waals surface area contributed by atoms with Crippen LogP contribution in [0.1, 0.15) is 45.1 Å². The molecule has 1 aromatic heterocycles. The van der Waals surface area contributed by atoms with Crippen molar-refractivity contribution in [2.75, 3.05) is 31.1 Å². The van der Waals surface area contributed by atoms with Crippen LogP contribution >= 0.6 is 0 Å². The summed E-state index contributed by atoms with van der Waals surface area (Å²) in [5.41, 5.74) is 1.08. The molecule has 1 atom stereocenters. The Hall–Kier alpha value is -2.02. The zero-order chi connectivity index (χ0) is 17.1. The van der Waals surface area contributed by atoms with Gasteiger partial charge in [-0.1, -0.05) is 6.92 Å². The molecule has 0 saturated carbocycles. The largest absolute Gasteiger partial charge is 0.369 e. The molecule has 1 fully saturated rings. The van der Waals surface area contributed by atoms with Gasteiger partial charge in [0.15, 0.2) is 5.82 Å². The van der Waals surface area contributed by atoms with E-state index in [1.165, 1.54) is 12.1 Å². The highest BCUT2D eigenvalue weighted by atomic mass is 19.1. The van der Waals surface area contributed by atoms with Crippen LogP contribution in [0.3, 0.4) is 0 Å². The maximum Gasteiger partial charge on any atom is 0.168 e. The summed E-state index contributed by atoms with van der Waals surface area (Å²) in [7, 11) is 0. The minimum absolute atomic E-state index is 0.191. The smallest absolute Gasteiger partial charge is 0.168 e. The Morgan fingerprint density at radius 1 is 1.08 bits per heavy atom. The lowest BCUT2D eigenvalue weighted by molar-refractivity contribution is 0.167. The Morgan fingerprint density at radius 3 is 2.33 bits per heavy atom. The third-order valence-electron chi connectivity index (χ3n) is 4.64. The van der Waals surface area contributed by atoms with Crippen LogP contribution in [0, 0.1) is 5.82 Å². The average molecular weight is 332 g/mol. The number of hydrogen-bond acceptors (Lipinski definition) is 5. The molecule has 7 heteroatoms. The number of aromatic nitrogens is 4. The van der Waals surface area contributed by atoms with E-state index in [0.717, 1.165) is 44.1 Å². The predicted octanol–water partition coefficient (Wildman–Crippen LogP) is 2.67. The summed E-state index contributed by atoms with van der Waals surface area (Å²) >= 11 is 0. The maximum absolute atomic E-state index is 13.1. The number of hydrogen-bond donors (Lipinski definition) is 0. The summed E-state index contributed by atoms with van der Waals surface area (Å²) in [6.07, 6.45) is 0.976. The third-order valence-corrected chi connectivity index (χ3v) is 4.64. The minimum atomic E-state index is -0.191. The maximum atomic E-state index is 13.1. The molecule has 0 bridgehead atoms. The number of piperazine rings is 1. The van der Waals surface area contributed by atoms with Crippen LogP contribution in [-0.2, 0) is 0 Å². The van der Waals surface area contributed by atoms with Crippen LogP contribution in [0.5, 0.6) is 0 Å². The summed E-state index contributed by atoms with van der Waals surface area (Å²) in [4.78, 5) is 4.75. The van der Waals surface area contributed by atoms with Gasteiger partial charge in [0, 0.05) is 31.9 Å². The highest BCUT2D eigenvalue weighted by Gasteiger charge is 2.28. The first kappa shape index (κ1) is 16.8. The van der Waals surface area contributed by atoms with Gasteiger partial charge in [0.25, 0.3) is 0 Å². The number of benzene rings is 1. The second-order valence-corrected chi connectivity index (χ2v) is 6.50. The van der Waals surface area contributed by atoms with Gasteiger partial charge in [0.1, 0.15) is 5.82 Å². The van der Waals surface area contributed by atoms with Gasteiger partial charge in [0.2, 0.25) is 0 Å². The molecule has 1 aromatic carbocycles. The Morgan fingerprint density at radius 2 is 1.75 bits per heavy atom. The van der Waals surface area contributed by atoms with Crippen molar-refractivity contribution in [2.45, 2.75) is 39.3 Å². The first-order valence-electron chi connectivity index (χ1n) is 8.62. The third kappa shape index (κ3) is 3.40. The molecule has 1 aliphatic heterocycles. The van der Waals surface area contributed by atoms with E-state index in [0.29, 0.717) is 0 Å². The summed E-state index contributed by atoms with van der Waals surface area (Å²) in [6, 6.07) is 7.23. The SMILES string of the molecule is CC[C@@H](c1nnnn1C(C)C)N1CCN(c2ccc(F)cc2)CC1. The van der Waals surface area contributed by atoms with Gasteiger partial charge in [-0.3, -0.25) is 4.90 Å². The molecular weight excluding hydrogens is 307 g/mol. The van der Waals surface area contributed by atoms with Crippen LogP contribution < -0.4 is 4.90 Å². The molecule has 6 nitrogen and oxygen atoms in total. The Balaban J connectivity index is 1.68. The molecular formula is C17H25FN6. The van der Waals surface area contributed by atoms with E-state index in [9.17, 15) is 4.39 Å². The Bertz CT molecular complexity index is 645. The van der Waals surface area contributed by atoms with Crippen molar-refractivity contribution >= 4 is 5.69 Å². The molecule has 24 heavy (non-hydrogen) atoms. The van der Waals surface area contributed by atoms with Gasteiger partial charge < -0.3 is 4.90 Å². The van der Waals surface area contributed by atoms with Crippen molar-refractivity contribution in [2.24, 2.45) is 0 Å². The fraction of sp³-hybridized carbons (Fsp3) is 0.588. The number of halogens is 1. The van der Waals surface area contributed by atoms with E-state index in [2.05, 4.69) is 46.1 Å². The highest BCUT2D eigenvalue weighted by Crippen LogP contribution is 2.26. The molecule has 0 N–H and O–H groups in total. The molecule has 1 saturated heterocycles. The zero-order valence-electron chi connectivity index (χ0n) is 14.6. The lowest BCUT2D eigenvalue weighted by atomic mass is 10.1. The normalized spacial score (nSPS) is 17.5. The fourth-order valence-corrected chi connectivity index (χ4v) is 3.34. The lowest BCUT2D eigenvalue weighted by Gasteiger charge is -2.39. The number of anilines is 1. The molecule has 0 amide bonds. The molecule has 3 rings (SSSR count). The van der Waals surface area contributed by atoms with Gasteiger partial charge >= 0.3 is 0 Å². The number of rotatable bonds is 5. The second kappa shape index (κ2) is 7.25. The zero-order valence-corrected chi connectivity index (χ0v) is 14.6. The molecule has 130 valence electrons. The molecule has 0 unspecified atom stereocenters. The van der Waals surface area contributed by atoms with Crippen LogP contribution in [0.2, 0.25) is 0 Å². The Kier molecular flexibility index (Phi) is 5.08. The van der Waals surface area contributed by atoms with E-state index in [1.807, 2.05) is 16.8 Å². The Labute approximate surface area is 142 Å². The first-order chi connectivity index (χ1) is 11.6. The summed E-state index contributed by atoms with van der Waals surface area (Å²) in [5.74, 6) is 0.756. The van der Waals surface area contributed by atoms with Gasteiger partial charge in [0.05, 0.1) is 12.1 Å². The van der Waals surface area contributed by atoms with Gasteiger partial charge in [-0.2, -0.15) is 0 Å². The standard InChI is InChI=1S/C17H25FN6/c1-4-16(17-19-20-21-24(17)13(2)3)23-11-9-22(10-12-23)15-7-5-14(18)6-8-15/h5-8,13,16H,4,9-12H2,1-3H3/t16-/m0/s1. The lowest BCUT2D eigenvalue weighted by Crippen LogP contribution is -2.48. The van der Waals surface area contributed by atoms with E-state index in [-0.39, 0.29) is 17.9 Å². The number of nitrogens with zero attached hydrogens (tertiary/aromatic N) is 6. The average Bonchev–Trinajstić information content (AvgIpc) is 3.07. The van der Waals surface area contributed by atoms with E-state index >= 15 is 0 Å². The van der Waals surface area contributed by atoms with E-state index in [4.69, 9.17) is 0 Å². The van der Waals surface area contributed by atoms with Crippen molar-refractivity contribution in [3.05, 3.63) is 35.9 Å².